The lowest BCUT2D eigenvalue weighted by Crippen LogP contribution is -2.48. The van der Waals surface area contributed by atoms with E-state index in [1.54, 1.807) is 12.1 Å². The highest BCUT2D eigenvalue weighted by atomic mass is 19.1. The molecule has 2 unspecified atom stereocenters. The SMILES string of the molecule is CC(C)CC(CO)NC(=O)C1CCCN1Cc1ccc(F)cc1. The van der Waals surface area contributed by atoms with Crippen LogP contribution in [0.2, 0.25) is 0 Å². The summed E-state index contributed by atoms with van der Waals surface area (Å²) in [5, 5.41) is 12.4. The maximum absolute atomic E-state index is 13.0. The molecule has 4 nitrogen and oxygen atoms in total. The summed E-state index contributed by atoms with van der Waals surface area (Å²) < 4.78 is 13.0. The van der Waals surface area contributed by atoms with Gasteiger partial charge in [0.1, 0.15) is 5.82 Å². The number of rotatable bonds is 7. The molecule has 1 fully saturated rings. The van der Waals surface area contributed by atoms with Crippen LogP contribution in [0.3, 0.4) is 0 Å². The van der Waals surface area contributed by atoms with Gasteiger partial charge in [-0.05, 0) is 49.4 Å². The average Bonchev–Trinajstić information content (AvgIpc) is 2.96. The highest BCUT2D eigenvalue weighted by Gasteiger charge is 2.31. The largest absolute Gasteiger partial charge is 0.394 e. The van der Waals surface area contributed by atoms with Gasteiger partial charge in [-0.3, -0.25) is 9.69 Å². The number of benzene rings is 1. The van der Waals surface area contributed by atoms with Crippen LogP contribution in [0, 0.1) is 11.7 Å². The predicted octanol–water partition coefficient (Wildman–Crippen LogP) is 2.31. The summed E-state index contributed by atoms with van der Waals surface area (Å²) in [6.45, 7) is 5.63. The van der Waals surface area contributed by atoms with Gasteiger partial charge in [0.05, 0.1) is 18.7 Å². The molecule has 1 aromatic rings. The van der Waals surface area contributed by atoms with Gasteiger partial charge in [0.25, 0.3) is 0 Å². The van der Waals surface area contributed by atoms with Crippen molar-refractivity contribution in [2.45, 2.75) is 51.7 Å². The first-order valence-corrected chi connectivity index (χ1v) is 8.39. The number of aliphatic hydroxyl groups excluding tert-OH is 1. The summed E-state index contributed by atoms with van der Waals surface area (Å²) in [6.07, 6.45) is 2.58. The molecule has 0 spiro atoms. The molecule has 0 radical (unpaired) electrons. The van der Waals surface area contributed by atoms with E-state index in [4.69, 9.17) is 0 Å². The van der Waals surface area contributed by atoms with Gasteiger partial charge < -0.3 is 10.4 Å². The van der Waals surface area contributed by atoms with Gasteiger partial charge in [0.2, 0.25) is 5.91 Å². The first-order valence-electron chi connectivity index (χ1n) is 8.39. The fraction of sp³-hybridized carbons (Fsp3) is 0.611. The molecule has 2 N–H and O–H groups in total. The predicted molar refractivity (Wildman–Crippen MR) is 88.3 cm³/mol. The summed E-state index contributed by atoms with van der Waals surface area (Å²) in [5.41, 5.74) is 1.01. The molecular weight excluding hydrogens is 295 g/mol. The van der Waals surface area contributed by atoms with Crippen molar-refractivity contribution in [3.05, 3.63) is 35.6 Å². The number of carbonyl (C=O) groups excluding carboxylic acids is 1. The Morgan fingerprint density at radius 2 is 2.09 bits per heavy atom. The van der Waals surface area contributed by atoms with E-state index in [9.17, 15) is 14.3 Å². The number of aliphatic hydroxyl groups is 1. The Hall–Kier alpha value is -1.46. The van der Waals surface area contributed by atoms with Crippen LogP contribution in [-0.4, -0.2) is 41.1 Å². The Morgan fingerprint density at radius 3 is 2.70 bits per heavy atom. The lowest BCUT2D eigenvalue weighted by atomic mass is 10.0. The summed E-state index contributed by atoms with van der Waals surface area (Å²) in [7, 11) is 0. The zero-order valence-electron chi connectivity index (χ0n) is 14.0. The van der Waals surface area contributed by atoms with E-state index in [0.717, 1.165) is 31.4 Å². The summed E-state index contributed by atoms with van der Waals surface area (Å²) in [6, 6.07) is 6.07. The normalized spacial score (nSPS) is 20.0. The highest BCUT2D eigenvalue weighted by Crippen LogP contribution is 2.21. The minimum Gasteiger partial charge on any atom is -0.394 e. The Kier molecular flexibility index (Phi) is 6.54. The van der Waals surface area contributed by atoms with Gasteiger partial charge in [-0.15, -0.1) is 0 Å². The van der Waals surface area contributed by atoms with Crippen LogP contribution in [0.4, 0.5) is 4.39 Å². The third kappa shape index (κ3) is 5.29. The third-order valence-corrected chi connectivity index (χ3v) is 4.29. The van der Waals surface area contributed by atoms with Gasteiger partial charge in [0, 0.05) is 6.54 Å². The molecule has 1 heterocycles. The average molecular weight is 322 g/mol. The molecule has 0 aromatic heterocycles. The van der Waals surface area contributed by atoms with E-state index >= 15 is 0 Å². The van der Waals surface area contributed by atoms with Gasteiger partial charge in [-0.1, -0.05) is 26.0 Å². The molecule has 0 bridgehead atoms. The Balaban J connectivity index is 1.94. The maximum atomic E-state index is 13.0. The number of hydrogen-bond acceptors (Lipinski definition) is 3. The molecule has 0 saturated carbocycles. The molecule has 1 aromatic carbocycles. The van der Waals surface area contributed by atoms with Crippen molar-refractivity contribution in [1.29, 1.82) is 0 Å². The molecule has 128 valence electrons. The molecule has 1 aliphatic rings. The molecule has 2 atom stereocenters. The van der Waals surface area contributed by atoms with Crippen LogP contribution in [0.1, 0.15) is 38.7 Å². The number of carbonyl (C=O) groups is 1. The first-order chi connectivity index (χ1) is 11.0. The van der Waals surface area contributed by atoms with Crippen molar-refractivity contribution >= 4 is 5.91 Å². The van der Waals surface area contributed by atoms with Crippen molar-refractivity contribution in [1.82, 2.24) is 10.2 Å². The van der Waals surface area contributed by atoms with Crippen molar-refractivity contribution in [2.24, 2.45) is 5.92 Å². The van der Waals surface area contributed by atoms with E-state index in [1.165, 1.54) is 12.1 Å². The standard InChI is InChI=1S/C18H27FN2O2/c1-13(2)10-16(12-22)20-18(23)17-4-3-9-21(17)11-14-5-7-15(19)8-6-14/h5-8,13,16-17,22H,3-4,9-12H2,1-2H3,(H,20,23). The molecule has 1 saturated heterocycles. The smallest absolute Gasteiger partial charge is 0.237 e. The second-order valence-corrected chi connectivity index (χ2v) is 6.77. The topological polar surface area (TPSA) is 52.6 Å². The second kappa shape index (κ2) is 8.41. The second-order valence-electron chi connectivity index (χ2n) is 6.77. The van der Waals surface area contributed by atoms with Crippen LogP contribution >= 0.6 is 0 Å². The number of likely N-dealkylation sites (tertiary alicyclic amines) is 1. The number of amides is 1. The molecule has 2 rings (SSSR count). The van der Waals surface area contributed by atoms with Gasteiger partial charge in [-0.2, -0.15) is 0 Å². The Bertz CT molecular complexity index is 504. The zero-order valence-corrected chi connectivity index (χ0v) is 14.0. The lowest BCUT2D eigenvalue weighted by Gasteiger charge is -2.26. The Morgan fingerprint density at radius 1 is 1.39 bits per heavy atom. The molecule has 0 aliphatic carbocycles. The summed E-state index contributed by atoms with van der Waals surface area (Å²) >= 11 is 0. The monoisotopic (exact) mass is 322 g/mol. The van der Waals surface area contributed by atoms with Crippen molar-refractivity contribution < 1.29 is 14.3 Å². The van der Waals surface area contributed by atoms with Gasteiger partial charge in [-0.25, -0.2) is 4.39 Å². The quantitative estimate of drug-likeness (QED) is 0.810. The number of nitrogens with one attached hydrogen (secondary N) is 1. The molecule has 1 aliphatic heterocycles. The number of nitrogens with zero attached hydrogens (tertiary/aromatic N) is 1. The Labute approximate surface area is 137 Å². The van der Waals surface area contributed by atoms with E-state index < -0.39 is 0 Å². The van der Waals surface area contributed by atoms with Crippen LogP contribution in [-0.2, 0) is 11.3 Å². The molecule has 23 heavy (non-hydrogen) atoms. The maximum Gasteiger partial charge on any atom is 0.237 e. The highest BCUT2D eigenvalue weighted by molar-refractivity contribution is 5.82. The third-order valence-electron chi connectivity index (χ3n) is 4.29. The minimum absolute atomic E-state index is 0.00990. The summed E-state index contributed by atoms with van der Waals surface area (Å²) in [5.74, 6) is 0.166. The van der Waals surface area contributed by atoms with Crippen molar-refractivity contribution in [3.8, 4) is 0 Å². The van der Waals surface area contributed by atoms with Gasteiger partial charge >= 0.3 is 0 Å². The van der Waals surface area contributed by atoms with Crippen LogP contribution in [0.25, 0.3) is 0 Å². The van der Waals surface area contributed by atoms with Crippen molar-refractivity contribution in [2.75, 3.05) is 13.2 Å². The van der Waals surface area contributed by atoms with E-state index in [0.29, 0.717) is 12.5 Å². The fourth-order valence-corrected chi connectivity index (χ4v) is 3.18. The first kappa shape index (κ1) is 17.9. The van der Waals surface area contributed by atoms with E-state index in [1.807, 2.05) is 0 Å². The van der Waals surface area contributed by atoms with Crippen LogP contribution < -0.4 is 5.32 Å². The number of hydrogen-bond donors (Lipinski definition) is 2. The molecule has 1 amide bonds. The fourth-order valence-electron chi connectivity index (χ4n) is 3.18. The van der Waals surface area contributed by atoms with E-state index in [2.05, 4.69) is 24.1 Å². The zero-order chi connectivity index (χ0) is 16.8. The summed E-state index contributed by atoms with van der Waals surface area (Å²) in [4.78, 5) is 14.7. The van der Waals surface area contributed by atoms with Crippen LogP contribution in [0.5, 0.6) is 0 Å². The van der Waals surface area contributed by atoms with E-state index in [-0.39, 0.29) is 30.4 Å². The van der Waals surface area contributed by atoms with Crippen molar-refractivity contribution in [3.63, 3.8) is 0 Å². The number of halogens is 1. The van der Waals surface area contributed by atoms with Gasteiger partial charge in [0.15, 0.2) is 0 Å². The molecular formula is C18H27FN2O2. The minimum atomic E-state index is -0.246. The lowest BCUT2D eigenvalue weighted by molar-refractivity contribution is -0.126. The molecule has 5 heteroatoms. The van der Waals surface area contributed by atoms with Crippen LogP contribution in [0.15, 0.2) is 24.3 Å².